The fraction of sp³-hybridized carbons (Fsp3) is 0.227. The molecule has 1 aliphatic heterocycles. The van der Waals surface area contributed by atoms with Crippen LogP contribution in [0.1, 0.15) is 5.56 Å². The second kappa shape index (κ2) is 7.18. The van der Waals surface area contributed by atoms with Gasteiger partial charge in [0.15, 0.2) is 5.43 Å². The molecule has 0 bridgehead atoms. The van der Waals surface area contributed by atoms with Crippen molar-refractivity contribution in [2.45, 2.75) is 6.92 Å². The van der Waals surface area contributed by atoms with Gasteiger partial charge in [-0.15, -0.1) is 0 Å². The lowest BCUT2D eigenvalue weighted by Gasteiger charge is -2.35. The van der Waals surface area contributed by atoms with Gasteiger partial charge in [-0.2, -0.15) is 0 Å². The SMILES string of the molecule is Cc1c(-c2ccccc2)n(N2CCOCC2)c(-c2ccccc2)cc1=O. The Morgan fingerprint density at radius 3 is 2.04 bits per heavy atom. The molecule has 1 fully saturated rings. The molecule has 0 aliphatic carbocycles. The highest BCUT2D eigenvalue weighted by Crippen LogP contribution is 2.28. The summed E-state index contributed by atoms with van der Waals surface area (Å²) in [5, 5.41) is 2.28. The zero-order valence-corrected chi connectivity index (χ0v) is 14.9. The maximum Gasteiger partial charge on any atom is 0.185 e. The van der Waals surface area contributed by atoms with Crippen molar-refractivity contribution in [3.05, 3.63) is 82.5 Å². The van der Waals surface area contributed by atoms with Gasteiger partial charge in [-0.3, -0.25) is 9.47 Å². The van der Waals surface area contributed by atoms with Crippen LogP contribution < -0.4 is 10.4 Å². The number of pyridine rings is 1. The molecule has 3 aromatic rings. The average Bonchev–Trinajstić information content (AvgIpc) is 2.71. The van der Waals surface area contributed by atoms with Crippen molar-refractivity contribution in [1.82, 2.24) is 4.68 Å². The summed E-state index contributed by atoms with van der Waals surface area (Å²) in [7, 11) is 0. The van der Waals surface area contributed by atoms with Crippen molar-refractivity contribution in [2.75, 3.05) is 31.3 Å². The Morgan fingerprint density at radius 2 is 1.42 bits per heavy atom. The van der Waals surface area contributed by atoms with Crippen LogP contribution in [0.5, 0.6) is 0 Å². The van der Waals surface area contributed by atoms with Gasteiger partial charge in [0.05, 0.1) is 37.7 Å². The Balaban J connectivity index is 2.03. The third-order valence-electron chi connectivity index (χ3n) is 4.82. The van der Waals surface area contributed by atoms with Gasteiger partial charge in [-0.05, 0) is 6.92 Å². The lowest BCUT2D eigenvalue weighted by atomic mass is 10.0. The fourth-order valence-corrected chi connectivity index (χ4v) is 3.49. The Morgan fingerprint density at radius 1 is 0.846 bits per heavy atom. The minimum absolute atomic E-state index is 0.0622. The molecule has 1 saturated heterocycles. The summed E-state index contributed by atoms with van der Waals surface area (Å²) in [5.41, 5.74) is 4.79. The Bertz CT molecular complexity index is 943. The van der Waals surface area contributed by atoms with E-state index in [0.717, 1.165) is 41.2 Å². The monoisotopic (exact) mass is 346 g/mol. The number of aromatic nitrogens is 1. The van der Waals surface area contributed by atoms with E-state index in [2.05, 4.69) is 34.0 Å². The van der Waals surface area contributed by atoms with Crippen LogP contribution in [0, 0.1) is 6.92 Å². The predicted molar refractivity (Wildman–Crippen MR) is 105 cm³/mol. The number of nitrogens with zero attached hydrogens (tertiary/aromatic N) is 2. The quantitative estimate of drug-likeness (QED) is 0.728. The van der Waals surface area contributed by atoms with Gasteiger partial charge >= 0.3 is 0 Å². The molecular weight excluding hydrogens is 324 g/mol. The van der Waals surface area contributed by atoms with Gasteiger partial charge in [0.1, 0.15) is 0 Å². The van der Waals surface area contributed by atoms with Crippen molar-refractivity contribution in [3.8, 4) is 22.5 Å². The van der Waals surface area contributed by atoms with E-state index in [4.69, 9.17) is 4.74 Å². The third kappa shape index (κ3) is 3.04. The van der Waals surface area contributed by atoms with Gasteiger partial charge in [0, 0.05) is 22.8 Å². The van der Waals surface area contributed by atoms with Crippen LogP contribution in [-0.4, -0.2) is 31.0 Å². The Kier molecular flexibility index (Phi) is 4.59. The van der Waals surface area contributed by atoms with Crippen molar-refractivity contribution in [1.29, 1.82) is 0 Å². The molecule has 0 N–H and O–H groups in total. The lowest BCUT2D eigenvalue weighted by Crippen LogP contribution is -2.46. The maximum atomic E-state index is 12.8. The van der Waals surface area contributed by atoms with Crippen LogP contribution in [0.2, 0.25) is 0 Å². The molecule has 0 amide bonds. The van der Waals surface area contributed by atoms with Gasteiger partial charge in [-0.1, -0.05) is 60.7 Å². The molecule has 0 unspecified atom stereocenters. The lowest BCUT2D eigenvalue weighted by molar-refractivity contribution is 0.111. The van der Waals surface area contributed by atoms with Crippen molar-refractivity contribution in [2.24, 2.45) is 0 Å². The minimum Gasteiger partial charge on any atom is -0.378 e. The highest BCUT2D eigenvalue weighted by atomic mass is 16.5. The van der Waals surface area contributed by atoms with Crippen LogP contribution in [0.25, 0.3) is 22.5 Å². The summed E-state index contributed by atoms with van der Waals surface area (Å²) in [6, 6.07) is 22.0. The molecule has 4 nitrogen and oxygen atoms in total. The summed E-state index contributed by atoms with van der Waals surface area (Å²) < 4.78 is 7.76. The Hall–Kier alpha value is -2.85. The maximum absolute atomic E-state index is 12.8. The van der Waals surface area contributed by atoms with E-state index in [1.165, 1.54) is 0 Å². The molecule has 26 heavy (non-hydrogen) atoms. The molecule has 4 rings (SSSR count). The van der Waals surface area contributed by atoms with Gasteiger partial charge in [-0.25, -0.2) is 0 Å². The smallest absolute Gasteiger partial charge is 0.185 e. The second-order valence-electron chi connectivity index (χ2n) is 6.48. The topological polar surface area (TPSA) is 34.5 Å². The number of hydrogen-bond donors (Lipinski definition) is 0. The number of rotatable bonds is 3. The predicted octanol–water partition coefficient (Wildman–Crippen LogP) is 3.46. The normalized spacial score (nSPS) is 14.4. The number of hydrogen-bond acceptors (Lipinski definition) is 3. The number of morpholine rings is 1. The average molecular weight is 346 g/mol. The van der Waals surface area contributed by atoms with Crippen LogP contribution in [0.15, 0.2) is 71.5 Å². The van der Waals surface area contributed by atoms with Crippen LogP contribution >= 0.6 is 0 Å². The van der Waals surface area contributed by atoms with E-state index in [1.54, 1.807) is 6.07 Å². The first-order chi connectivity index (χ1) is 12.8. The van der Waals surface area contributed by atoms with Gasteiger partial charge in [0.2, 0.25) is 0 Å². The minimum atomic E-state index is 0.0622. The molecule has 2 heterocycles. The molecule has 2 aromatic carbocycles. The zero-order chi connectivity index (χ0) is 17.9. The van der Waals surface area contributed by atoms with Gasteiger partial charge < -0.3 is 9.75 Å². The van der Waals surface area contributed by atoms with Crippen LogP contribution in [0.3, 0.4) is 0 Å². The molecule has 0 saturated carbocycles. The first kappa shape index (κ1) is 16.6. The molecule has 0 spiro atoms. The van der Waals surface area contributed by atoms with Crippen molar-refractivity contribution < 1.29 is 4.74 Å². The van der Waals surface area contributed by atoms with Crippen LogP contribution in [0.4, 0.5) is 0 Å². The first-order valence-electron chi connectivity index (χ1n) is 8.96. The van der Waals surface area contributed by atoms with Crippen molar-refractivity contribution >= 4 is 0 Å². The summed E-state index contributed by atoms with van der Waals surface area (Å²) in [6.45, 7) is 4.88. The van der Waals surface area contributed by atoms with Crippen molar-refractivity contribution in [3.63, 3.8) is 0 Å². The molecule has 1 aliphatic rings. The second-order valence-corrected chi connectivity index (χ2v) is 6.48. The molecule has 1 aromatic heterocycles. The van der Waals surface area contributed by atoms with E-state index in [0.29, 0.717) is 13.2 Å². The zero-order valence-electron chi connectivity index (χ0n) is 14.9. The Labute approximate surface area is 153 Å². The first-order valence-corrected chi connectivity index (χ1v) is 8.96. The highest BCUT2D eigenvalue weighted by Gasteiger charge is 2.21. The van der Waals surface area contributed by atoms with E-state index in [-0.39, 0.29) is 5.43 Å². The fourth-order valence-electron chi connectivity index (χ4n) is 3.49. The largest absolute Gasteiger partial charge is 0.378 e. The molecule has 0 radical (unpaired) electrons. The van der Waals surface area contributed by atoms with E-state index in [9.17, 15) is 4.79 Å². The number of ether oxygens (including phenoxy) is 1. The van der Waals surface area contributed by atoms with Gasteiger partial charge in [0.25, 0.3) is 0 Å². The molecular formula is C22H22N2O2. The van der Waals surface area contributed by atoms with Crippen LogP contribution in [-0.2, 0) is 4.74 Å². The summed E-state index contributed by atoms with van der Waals surface area (Å²) >= 11 is 0. The molecule has 0 atom stereocenters. The van der Waals surface area contributed by atoms with E-state index in [1.807, 2.05) is 43.3 Å². The summed E-state index contributed by atoms with van der Waals surface area (Å²) in [4.78, 5) is 12.8. The van der Waals surface area contributed by atoms with E-state index < -0.39 is 0 Å². The molecule has 4 heteroatoms. The third-order valence-corrected chi connectivity index (χ3v) is 4.82. The molecule has 132 valence electrons. The van der Waals surface area contributed by atoms with E-state index >= 15 is 0 Å². The summed E-state index contributed by atoms with van der Waals surface area (Å²) in [5.74, 6) is 0. The number of benzene rings is 2. The summed E-state index contributed by atoms with van der Waals surface area (Å²) in [6.07, 6.45) is 0. The highest BCUT2D eigenvalue weighted by molar-refractivity contribution is 5.70. The standard InChI is InChI=1S/C22H22N2O2/c1-17-21(25)16-20(18-8-4-2-5-9-18)24(23-12-14-26-15-13-23)22(17)19-10-6-3-7-11-19/h2-11,16H,12-15H2,1H3.